The van der Waals surface area contributed by atoms with E-state index in [1.807, 2.05) is 29.6 Å². The number of aromatic nitrogens is 1. The van der Waals surface area contributed by atoms with Crippen LogP contribution >= 0.6 is 11.3 Å². The number of Topliss-reactive ketones (excluding diaryl/α,β-unsaturated/α-hetero) is 1. The summed E-state index contributed by atoms with van der Waals surface area (Å²) in [6, 6.07) is 6.85. The van der Waals surface area contributed by atoms with E-state index in [-0.39, 0.29) is 17.3 Å². The number of carbonyl (C=O) groups excluding carboxylic acids is 2. The number of nitrogens with zero attached hydrogens (tertiary/aromatic N) is 2. The molecule has 1 atom stereocenters. The van der Waals surface area contributed by atoms with E-state index in [9.17, 15) is 14.7 Å². The highest BCUT2D eigenvalue weighted by molar-refractivity contribution is 7.10. The minimum Gasteiger partial charge on any atom is -0.503 e. The Hall–Kier alpha value is -2.47. The highest BCUT2D eigenvalue weighted by Gasteiger charge is 2.44. The van der Waals surface area contributed by atoms with Gasteiger partial charge in [-0.2, -0.15) is 0 Å². The van der Waals surface area contributed by atoms with E-state index in [1.165, 1.54) is 11.3 Å². The fourth-order valence-corrected chi connectivity index (χ4v) is 3.65. The molecule has 0 spiro atoms. The molecule has 0 aromatic carbocycles. The Bertz CT molecular complexity index is 782. The minimum absolute atomic E-state index is 0.198. The van der Waals surface area contributed by atoms with Crippen LogP contribution in [0.4, 0.5) is 0 Å². The van der Waals surface area contributed by atoms with Gasteiger partial charge in [0.1, 0.15) is 0 Å². The maximum Gasteiger partial charge on any atom is 0.290 e. The Labute approximate surface area is 144 Å². The zero-order chi connectivity index (χ0) is 17.3. The van der Waals surface area contributed by atoms with Crippen molar-refractivity contribution in [3.63, 3.8) is 0 Å². The number of thiophene rings is 1. The van der Waals surface area contributed by atoms with Crippen molar-refractivity contribution in [2.45, 2.75) is 26.4 Å². The van der Waals surface area contributed by atoms with Crippen LogP contribution in [0.15, 0.2) is 53.4 Å². The van der Waals surface area contributed by atoms with Crippen LogP contribution in [-0.4, -0.2) is 26.7 Å². The van der Waals surface area contributed by atoms with Gasteiger partial charge in [0.05, 0.1) is 11.6 Å². The molecule has 1 aliphatic heterocycles. The van der Waals surface area contributed by atoms with E-state index in [0.29, 0.717) is 6.54 Å². The lowest BCUT2D eigenvalue weighted by atomic mass is 9.94. The lowest BCUT2D eigenvalue weighted by molar-refractivity contribution is -0.130. The third kappa shape index (κ3) is 2.85. The fourth-order valence-electron chi connectivity index (χ4n) is 2.81. The Kier molecular flexibility index (Phi) is 4.49. The van der Waals surface area contributed by atoms with Crippen LogP contribution in [0, 0.1) is 5.92 Å². The van der Waals surface area contributed by atoms with Crippen molar-refractivity contribution >= 4 is 23.0 Å². The van der Waals surface area contributed by atoms with Crippen LogP contribution < -0.4 is 0 Å². The predicted molar refractivity (Wildman–Crippen MR) is 91.3 cm³/mol. The summed E-state index contributed by atoms with van der Waals surface area (Å²) in [7, 11) is 0. The molecule has 0 fully saturated rings. The summed E-state index contributed by atoms with van der Waals surface area (Å²) >= 11 is 1.47. The average molecular weight is 342 g/mol. The monoisotopic (exact) mass is 342 g/mol. The molecule has 1 aliphatic rings. The first-order valence-corrected chi connectivity index (χ1v) is 8.59. The predicted octanol–water partition coefficient (Wildman–Crippen LogP) is 3.26. The molecular weight excluding hydrogens is 324 g/mol. The molecule has 1 N–H and O–H groups in total. The molecular formula is C18H18N2O3S. The number of hydrogen-bond acceptors (Lipinski definition) is 5. The molecule has 0 aliphatic carbocycles. The largest absolute Gasteiger partial charge is 0.503 e. The van der Waals surface area contributed by atoms with Crippen molar-refractivity contribution < 1.29 is 14.7 Å². The van der Waals surface area contributed by atoms with Crippen LogP contribution in [0.1, 0.15) is 30.3 Å². The lowest BCUT2D eigenvalue weighted by Crippen LogP contribution is -2.30. The third-order valence-electron chi connectivity index (χ3n) is 4.01. The maximum absolute atomic E-state index is 12.6. The van der Waals surface area contributed by atoms with Crippen molar-refractivity contribution in [2.24, 2.45) is 5.92 Å². The molecule has 1 amide bonds. The van der Waals surface area contributed by atoms with Gasteiger partial charge in [-0.15, -0.1) is 11.3 Å². The van der Waals surface area contributed by atoms with Gasteiger partial charge in [-0.05, 0) is 29.1 Å². The van der Waals surface area contributed by atoms with Crippen molar-refractivity contribution in [1.82, 2.24) is 9.88 Å². The molecule has 0 saturated carbocycles. The van der Waals surface area contributed by atoms with Gasteiger partial charge in [0.15, 0.2) is 11.5 Å². The molecule has 24 heavy (non-hydrogen) atoms. The molecule has 0 bridgehead atoms. The number of pyridine rings is 1. The first-order chi connectivity index (χ1) is 11.5. The van der Waals surface area contributed by atoms with Gasteiger partial charge < -0.3 is 10.0 Å². The van der Waals surface area contributed by atoms with E-state index < -0.39 is 17.7 Å². The zero-order valence-electron chi connectivity index (χ0n) is 13.5. The molecule has 2 aromatic rings. The number of carbonyl (C=O) groups is 2. The minimum atomic E-state index is -0.541. The SMILES string of the molecule is CC(C)C(=O)C1=C(O)C(=O)N(Cc2ccncc2)C1c1cccs1. The molecule has 0 saturated heterocycles. The van der Waals surface area contributed by atoms with Gasteiger partial charge in [0.25, 0.3) is 5.91 Å². The first kappa shape index (κ1) is 16.4. The molecule has 2 aromatic heterocycles. The molecule has 3 heterocycles. The maximum atomic E-state index is 12.6. The van der Waals surface area contributed by atoms with Crippen LogP contribution in [0.25, 0.3) is 0 Å². The van der Waals surface area contributed by atoms with Gasteiger partial charge in [0.2, 0.25) is 0 Å². The molecule has 6 heteroatoms. The molecule has 0 radical (unpaired) electrons. The molecule has 124 valence electrons. The normalized spacial score (nSPS) is 17.9. The van der Waals surface area contributed by atoms with Crippen LogP contribution in [0.3, 0.4) is 0 Å². The first-order valence-electron chi connectivity index (χ1n) is 7.71. The summed E-state index contributed by atoms with van der Waals surface area (Å²) in [5.74, 6) is -1.43. The topological polar surface area (TPSA) is 70.5 Å². The molecule has 3 rings (SSSR count). The average Bonchev–Trinajstić information content (AvgIpc) is 3.18. The van der Waals surface area contributed by atoms with Crippen LogP contribution in [0.5, 0.6) is 0 Å². The number of ketones is 1. The standard InChI is InChI=1S/C18H18N2O3S/c1-11(2)16(21)14-15(13-4-3-9-24-13)20(18(23)17(14)22)10-12-5-7-19-8-6-12/h3-9,11,15,22H,10H2,1-2H3. The van der Waals surface area contributed by atoms with Crippen molar-refractivity contribution in [3.8, 4) is 0 Å². The Morgan fingerprint density at radius 3 is 2.62 bits per heavy atom. The Morgan fingerprint density at radius 2 is 2.04 bits per heavy atom. The number of hydrogen-bond donors (Lipinski definition) is 1. The molecule has 5 nitrogen and oxygen atoms in total. The highest BCUT2D eigenvalue weighted by atomic mass is 32.1. The lowest BCUT2D eigenvalue weighted by Gasteiger charge is -2.26. The Balaban J connectivity index is 2.03. The van der Waals surface area contributed by atoms with Crippen LogP contribution in [0.2, 0.25) is 0 Å². The van der Waals surface area contributed by atoms with E-state index in [1.54, 1.807) is 31.1 Å². The second-order valence-corrected chi connectivity index (χ2v) is 6.97. The summed E-state index contributed by atoms with van der Waals surface area (Å²) in [6.45, 7) is 3.84. The second kappa shape index (κ2) is 6.57. The van der Waals surface area contributed by atoms with Gasteiger partial charge in [-0.25, -0.2) is 0 Å². The van der Waals surface area contributed by atoms with Crippen LogP contribution in [-0.2, 0) is 16.1 Å². The molecule has 1 unspecified atom stereocenters. The van der Waals surface area contributed by atoms with Gasteiger partial charge in [0, 0.05) is 29.7 Å². The van der Waals surface area contributed by atoms with Gasteiger partial charge >= 0.3 is 0 Å². The van der Waals surface area contributed by atoms with Crippen molar-refractivity contribution in [1.29, 1.82) is 0 Å². The van der Waals surface area contributed by atoms with E-state index in [0.717, 1.165) is 10.4 Å². The van der Waals surface area contributed by atoms with E-state index >= 15 is 0 Å². The zero-order valence-corrected chi connectivity index (χ0v) is 14.3. The highest BCUT2D eigenvalue weighted by Crippen LogP contribution is 2.41. The smallest absolute Gasteiger partial charge is 0.290 e. The fraction of sp³-hybridized carbons (Fsp3) is 0.278. The number of aliphatic hydroxyl groups is 1. The third-order valence-corrected chi connectivity index (χ3v) is 4.93. The van der Waals surface area contributed by atoms with E-state index in [2.05, 4.69) is 4.98 Å². The second-order valence-electron chi connectivity index (χ2n) is 5.99. The van der Waals surface area contributed by atoms with Gasteiger partial charge in [-0.3, -0.25) is 14.6 Å². The van der Waals surface area contributed by atoms with E-state index in [4.69, 9.17) is 0 Å². The number of rotatable bonds is 5. The van der Waals surface area contributed by atoms with Gasteiger partial charge in [-0.1, -0.05) is 19.9 Å². The van der Waals surface area contributed by atoms with Crippen molar-refractivity contribution in [2.75, 3.05) is 0 Å². The summed E-state index contributed by atoms with van der Waals surface area (Å²) in [4.78, 5) is 31.6. The summed E-state index contributed by atoms with van der Waals surface area (Å²) in [6.07, 6.45) is 3.31. The Morgan fingerprint density at radius 1 is 1.33 bits per heavy atom. The summed E-state index contributed by atoms with van der Waals surface area (Å²) in [5, 5.41) is 12.3. The number of amides is 1. The summed E-state index contributed by atoms with van der Waals surface area (Å²) < 4.78 is 0. The number of aliphatic hydroxyl groups excluding tert-OH is 1. The summed E-state index contributed by atoms with van der Waals surface area (Å²) in [5.41, 5.74) is 1.09. The van der Waals surface area contributed by atoms with Crippen molar-refractivity contribution in [3.05, 3.63) is 63.8 Å². The quantitative estimate of drug-likeness (QED) is 0.905.